The van der Waals surface area contributed by atoms with Crippen LogP contribution in [0.3, 0.4) is 0 Å². The Kier molecular flexibility index (Phi) is 15.4. The number of aliphatic carboxylic acids is 2. The molecule has 19 nitrogen and oxygen atoms in total. The lowest BCUT2D eigenvalue weighted by Crippen LogP contribution is -2.49. The van der Waals surface area contributed by atoms with Gasteiger partial charge in [0.2, 0.25) is 5.91 Å². The lowest BCUT2D eigenvalue weighted by Gasteiger charge is -2.24. The van der Waals surface area contributed by atoms with E-state index in [1.807, 2.05) is 0 Å². The molecule has 0 saturated heterocycles. The molecule has 5 aromatic rings. The number of carboxylic acid groups (broad SMARTS) is 2. The van der Waals surface area contributed by atoms with Gasteiger partial charge < -0.3 is 25.4 Å². The monoisotopic (exact) mass is 1150 g/mol. The molecule has 3 amide bonds. The number of aromatic nitrogens is 5. The van der Waals surface area contributed by atoms with Crippen LogP contribution >= 0.6 is 11.6 Å². The van der Waals surface area contributed by atoms with Crippen molar-refractivity contribution in [3.8, 4) is 23.0 Å². The Labute approximate surface area is 434 Å². The van der Waals surface area contributed by atoms with Crippen molar-refractivity contribution in [1.29, 1.82) is 0 Å². The molecular weight excluding hydrogens is 1120 g/mol. The first-order valence-corrected chi connectivity index (χ1v) is 25.2. The van der Waals surface area contributed by atoms with E-state index < -0.39 is 192 Å². The normalized spacial score (nSPS) is 17.1. The van der Waals surface area contributed by atoms with Crippen LogP contribution in [-0.4, -0.2) is 109 Å². The van der Waals surface area contributed by atoms with Crippen molar-refractivity contribution in [1.82, 2.24) is 39.5 Å². The topological polar surface area (TPSA) is 276 Å². The van der Waals surface area contributed by atoms with Gasteiger partial charge in [-0.1, -0.05) is 23.6 Å². The molecule has 0 spiro atoms. The number of fused-ring (bicyclic) bond motifs is 4. The summed E-state index contributed by atoms with van der Waals surface area (Å²) in [5.41, 5.74) is -7.18. The number of amides is 3. The average molecular weight is 1150 g/mol. The Balaban J connectivity index is 1.43. The summed E-state index contributed by atoms with van der Waals surface area (Å²) in [6.07, 6.45) is -12.0. The van der Waals surface area contributed by atoms with Crippen LogP contribution < -0.4 is 10.6 Å². The Morgan fingerprint density at radius 2 is 1.61 bits per heavy atom. The Bertz CT molecular complexity index is 3480. The number of benzene rings is 2. The van der Waals surface area contributed by atoms with Gasteiger partial charge >= 0.3 is 36.1 Å². The van der Waals surface area contributed by atoms with E-state index in [2.05, 4.69) is 32.3 Å². The third-order valence-electron chi connectivity index (χ3n) is 12.3. The van der Waals surface area contributed by atoms with E-state index in [9.17, 15) is 81.4 Å². The summed E-state index contributed by atoms with van der Waals surface area (Å²) in [4.78, 5) is 67.5. The van der Waals surface area contributed by atoms with E-state index in [1.54, 1.807) is 0 Å². The molecule has 0 bridgehead atoms. The minimum Gasteiger partial charge on any atom is -0.755 e. The molecule has 5 atom stereocenters. The van der Waals surface area contributed by atoms with Gasteiger partial charge in [0.25, 0.3) is 5.92 Å². The van der Waals surface area contributed by atoms with Crippen molar-refractivity contribution in [2.75, 3.05) is 6.26 Å². The van der Waals surface area contributed by atoms with Gasteiger partial charge in [0.1, 0.15) is 46.9 Å². The summed E-state index contributed by atoms with van der Waals surface area (Å²) in [7, 11) is -3.96. The molecule has 0 radical (unpaired) electrons. The fourth-order valence-corrected chi connectivity index (χ4v) is 9.44. The van der Waals surface area contributed by atoms with Gasteiger partial charge in [-0.3, -0.25) is 37.1 Å². The number of sulfone groups is 1. The zero-order valence-corrected chi connectivity index (χ0v) is 41.7. The number of rotatable bonds is 16. The maximum Gasteiger partial charge on any atom is 0.435 e. The molecule has 0 aliphatic heterocycles. The van der Waals surface area contributed by atoms with E-state index in [0.717, 1.165) is 42.7 Å². The summed E-state index contributed by atoms with van der Waals surface area (Å²) >= 11 is 2.73. The van der Waals surface area contributed by atoms with E-state index in [-0.39, 0.29) is 36.9 Å². The van der Waals surface area contributed by atoms with Gasteiger partial charge in [-0.05, 0) is 74.4 Å². The zero-order chi connectivity index (χ0) is 57.2. The highest BCUT2D eigenvalue weighted by molar-refractivity contribution is 7.92. The molecule has 2 aromatic carbocycles. The lowest BCUT2D eigenvalue weighted by molar-refractivity contribution is -0.149. The van der Waals surface area contributed by atoms with Crippen molar-refractivity contribution in [3.05, 3.63) is 98.7 Å². The number of pyridine rings is 1. The van der Waals surface area contributed by atoms with E-state index in [0.29, 0.717) is 6.07 Å². The summed E-state index contributed by atoms with van der Waals surface area (Å²) in [5, 5.41) is 28.4. The Morgan fingerprint density at radius 3 is 2.18 bits per heavy atom. The minimum atomic E-state index is -5.26. The molecule has 2 aliphatic carbocycles. The van der Waals surface area contributed by atoms with Gasteiger partial charge in [0.05, 0.1) is 52.2 Å². The number of carbonyl (C=O) groups excluding carboxylic acids is 3. The highest BCUT2D eigenvalue weighted by Crippen LogP contribution is 2.68. The third-order valence-corrected chi connectivity index (χ3v) is 15.2. The largest absolute Gasteiger partial charge is 0.755 e. The highest BCUT2D eigenvalue weighted by Gasteiger charge is 2.68. The van der Waals surface area contributed by atoms with Gasteiger partial charge in [-0.15, -0.1) is 0 Å². The standard InChI is InChI=1S/C45H37ClF10N8O11S2/c1-42(2,77(3,74)75)9-8-22-4-5-23(24-6-7-27(46)34-30(60-63(36(24)34)18-43(49,50)51)16-64(76(72)73)40(69)39(68)59-29(41(70)71)15-32(66)67)35(57-22)28(12-19-10-20(47)13-21(48)11-19)58-31(65)17-62-38-33(37(61-62)45(54,55)56)25-14-26(25)44(38,52)53/h4-7,10-11,13,25-26,28-29H,12,14-18H2,1-3H3,(H,58,65)(H,59,68)(H,66,67)(H,70,71)(H,72,73)/p-1/t25-,26+,28?,29?/m0/s1. The van der Waals surface area contributed by atoms with Crippen molar-refractivity contribution in [2.24, 2.45) is 5.92 Å². The third kappa shape index (κ3) is 12.2. The van der Waals surface area contributed by atoms with Gasteiger partial charge in [-0.25, -0.2) is 27.0 Å². The molecule has 3 heterocycles. The predicted octanol–water partition coefficient (Wildman–Crippen LogP) is 5.46. The first kappa shape index (κ1) is 57.5. The number of nitrogens with zero attached hydrogens (tertiary/aromatic N) is 6. The molecule has 1 saturated carbocycles. The highest BCUT2D eigenvalue weighted by atomic mass is 35.5. The van der Waals surface area contributed by atoms with E-state index in [4.69, 9.17) is 16.7 Å². The van der Waals surface area contributed by atoms with Crippen LogP contribution in [0.25, 0.3) is 22.0 Å². The molecule has 7 rings (SSSR count). The van der Waals surface area contributed by atoms with Crippen LogP contribution in [0.5, 0.6) is 0 Å². The summed E-state index contributed by atoms with van der Waals surface area (Å²) < 4.78 is 195. The summed E-state index contributed by atoms with van der Waals surface area (Å²) in [6.45, 7) is -2.44. The zero-order valence-electron chi connectivity index (χ0n) is 39.3. The number of alkyl halides is 8. The van der Waals surface area contributed by atoms with Crippen molar-refractivity contribution in [2.45, 2.75) is 93.8 Å². The maximum atomic E-state index is 15.6. The van der Waals surface area contributed by atoms with Crippen LogP contribution in [0.15, 0.2) is 42.5 Å². The van der Waals surface area contributed by atoms with Crippen LogP contribution in [-0.2, 0) is 83.2 Å². The molecule has 3 aromatic heterocycles. The minimum absolute atomic E-state index is 0.148. The lowest BCUT2D eigenvalue weighted by atomic mass is 9.93. The maximum absolute atomic E-state index is 15.6. The average Bonchev–Trinajstić information content (AvgIpc) is 3.85. The molecular formula is C45H36ClF10N8O11S2-. The van der Waals surface area contributed by atoms with Crippen molar-refractivity contribution >= 4 is 73.3 Å². The second-order valence-electron chi connectivity index (χ2n) is 18.2. The number of halogens is 11. The SMILES string of the molecule is CC(C)(C#Cc1ccc(-c2ccc(Cl)c3c(CN(C(=O)C(=O)NC(CC(=O)O)C(=O)O)S(=O)[O-])nn(CC(F)(F)F)c23)c(C(Cc2cc(F)cc(F)c2)NC(=O)Cn2nc(C(F)(F)F)c3c2C(F)(F)[C@@H]2C[C@H]32)n1)S(C)(=O)=O. The van der Waals surface area contributed by atoms with Crippen molar-refractivity contribution in [3.63, 3.8) is 0 Å². The van der Waals surface area contributed by atoms with Crippen LogP contribution in [0, 0.1) is 29.4 Å². The molecule has 77 heavy (non-hydrogen) atoms. The number of nitrogens with one attached hydrogen (secondary N) is 2. The summed E-state index contributed by atoms with van der Waals surface area (Å²) in [5.74, 6) is -13.3. The number of hydrogen-bond acceptors (Lipinski definition) is 12. The second kappa shape index (κ2) is 20.7. The predicted molar refractivity (Wildman–Crippen MR) is 244 cm³/mol. The Hall–Kier alpha value is -7.17. The second-order valence-corrected chi connectivity index (χ2v) is 22.0. The van der Waals surface area contributed by atoms with Crippen LogP contribution in [0.4, 0.5) is 43.9 Å². The quantitative estimate of drug-likeness (QED) is 0.0414. The fraction of sp³-hybridized carbons (Fsp3) is 0.378. The first-order valence-electron chi connectivity index (χ1n) is 21.9. The Morgan fingerprint density at radius 1 is 0.974 bits per heavy atom. The molecule has 2 aliphatic rings. The number of carboxylic acids is 2. The molecule has 32 heteroatoms. The number of hydrogen-bond donors (Lipinski definition) is 4. The van der Waals surface area contributed by atoms with Gasteiger partial charge in [-0.2, -0.15) is 45.3 Å². The van der Waals surface area contributed by atoms with Gasteiger partial charge in [0, 0.05) is 40.3 Å². The first-order chi connectivity index (χ1) is 35.5. The molecule has 412 valence electrons. The summed E-state index contributed by atoms with van der Waals surface area (Å²) in [6, 6.07) is 2.02. The van der Waals surface area contributed by atoms with E-state index in [1.165, 1.54) is 19.2 Å². The fourth-order valence-electron chi connectivity index (χ4n) is 8.50. The van der Waals surface area contributed by atoms with Crippen molar-refractivity contribution < 1.29 is 95.3 Å². The van der Waals surface area contributed by atoms with Crippen LogP contribution in [0.2, 0.25) is 5.02 Å². The molecule has 4 N–H and O–H groups in total. The van der Waals surface area contributed by atoms with Gasteiger partial charge in [0.15, 0.2) is 15.5 Å². The molecule has 3 unspecified atom stereocenters. The number of carbonyl (C=O) groups is 5. The van der Waals surface area contributed by atoms with Crippen LogP contribution in [0.1, 0.15) is 78.2 Å². The smallest absolute Gasteiger partial charge is 0.435 e. The molecule has 1 fully saturated rings. The van der Waals surface area contributed by atoms with E-state index >= 15 is 8.78 Å².